The minimum Gasteiger partial charge on any atom is -0.374 e. The van der Waals surface area contributed by atoms with Crippen molar-refractivity contribution in [3.05, 3.63) is 29.3 Å². The second-order valence-electron chi connectivity index (χ2n) is 7.03. The summed E-state index contributed by atoms with van der Waals surface area (Å²) in [5.41, 5.74) is 0. The Balaban J connectivity index is 1.90. The fourth-order valence-electron chi connectivity index (χ4n) is 3.35. The van der Waals surface area contributed by atoms with Gasteiger partial charge in [-0.15, -0.1) is 0 Å². The van der Waals surface area contributed by atoms with Gasteiger partial charge >= 0.3 is 0 Å². The molecule has 2 aliphatic heterocycles. The summed E-state index contributed by atoms with van der Waals surface area (Å²) in [7, 11) is -7.22. The van der Waals surface area contributed by atoms with Crippen molar-refractivity contribution in [1.82, 2.24) is 8.61 Å². The van der Waals surface area contributed by atoms with Crippen LogP contribution in [-0.4, -0.2) is 69.6 Å². The predicted octanol–water partition coefficient (Wildman–Crippen LogP) is 1.40. The molecule has 2 aliphatic rings. The Hall–Kier alpha value is -0.710. The molecule has 146 valence electrons. The van der Waals surface area contributed by atoms with Gasteiger partial charge in [-0.1, -0.05) is 25.4 Å². The molecular weight excluding hydrogens is 400 g/mol. The first-order chi connectivity index (χ1) is 12.1. The highest BCUT2D eigenvalue weighted by Gasteiger charge is 2.47. The number of rotatable bonds is 4. The van der Waals surface area contributed by atoms with Crippen molar-refractivity contribution in [2.24, 2.45) is 5.92 Å². The first-order valence-electron chi connectivity index (χ1n) is 8.48. The molecule has 0 aromatic heterocycles. The molecule has 2 heterocycles. The lowest BCUT2D eigenvalue weighted by atomic mass is 10.1. The van der Waals surface area contributed by atoms with Gasteiger partial charge in [0, 0.05) is 24.7 Å². The maximum Gasteiger partial charge on any atom is 0.243 e. The van der Waals surface area contributed by atoms with Crippen LogP contribution in [0, 0.1) is 5.92 Å². The van der Waals surface area contributed by atoms with Gasteiger partial charge in [0.25, 0.3) is 0 Å². The second kappa shape index (κ2) is 7.37. The van der Waals surface area contributed by atoms with Crippen LogP contribution in [0.2, 0.25) is 5.02 Å². The Morgan fingerprint density at radius 1 is 1.23 bits per heavy atom. The smallest absolute Gasteiger partial charge is 0.243 e. The van der Waals surface area contributed by atoms with E-state index in [1.165, 1.54) is 32.9 Å². The Morgan fingerprint density at radius 2 is 1.88 bits per heavy atom. The van der Waals surface area contributed by atoms with Gasteiger partial charge in [0.1, 0.15) is 0 Å². The maximum absolute atomic E-state index is 12.9. The van der Waals surface area contributed by atoms with Crippen LogP contribution in [0.1, 0.15) is 13.8 Å². The molecule has 7 nitrogen and oxygen atoms in total. The van der Waals surface area contributed by atoms with E-state index in [1.807, 2.05) is 13.8 Å². The van der Waals surface area contributed by atoms with E-state index in [-0.39, 0.29) is 36.3 Å². The van der Waals surface area contributed by atoms with E-state index < -0.39 is 32.2 Å². The van der Waals surface area contributed by atoms with Crippen LogP contribution in [0.4, 0.5) is 0 Å². The SMILES string of the molecule is CC(C)CN1[C@@H]2CN(S(=O)(=O)c3ccc(Cl)cc3)C[C@@H]2OCCS1(=O)=O. The number of halogens is 1. The summed E-state index contributed by atoms with van der Waals surface area (Å²) in [6.07, 6.45) is -0.465. The molecule has 0 spiro atoms. The van der Waals surface area contributed by atoms with Crippen LogP contribution in [0.15, 0.2) is 29.2 Å². The lowest BCUT2D eigenvalue weighted by Gasteiger charge is -2.29. The average Bonchev–Trinajstić information content (AvgIpc) is 2.92. The maximum atomic E-state index is 12.9. The number of hydrogen-bond acceptors (Lipinski definition) is 5. The van der Waals surface area contributed by atoms with Crippen molar-refractivity contribution in [1.29, 1.82) is 0 Å². The lowest BCUT2D eigenvalue weighted by Crippen LogP contribution is -2.47. The predicted molar refractivity (Wildman–Crippen MR) is 99.1 cm³/mol. The fraction of sp³-hybridized carbons (Fsp3) is 0.625. The van der Waals surface area contributed by atoms with Gasteiger partial charge in [0.05, 0.1) is 29.4 Å². The Morgan fingerprint density at radius 3 is 2.50 bits per heavy atom. The number of hydrogen-bond donors (Lipinski definition) is 0. The third-order valence-electron chi connectivity index (χ3n) is 4.60. The largest absolute Gasteiger partial charge is 0.374 e. The molecule has 3 rings (SSSR count). The Bertz CT molecular complexity index is 855. The molecule has 2 atom stereocenters. The van der Waals surface area contributed by atoms with Crippen LogP contribution >= 0.6 is 11.6 Å². The standard InChI is InChI=1S/C16H23ClN2O5S2/c1-12(2)9-19-15-10-18(11-16(15)24-7-8-25(19,20)21)26(22,23)14-5-3-13(17)4-6-14/h3-6,12,15-16H,7-11H2,1-2H3/t15-,16+/m1/s1. The van der Waals surface area contributed by atoms with Crippen LogP contribution in [0.3, 0.4) is 0 Å². The number of benzene rings is 1. The highest BCUT2D eigenvalue weighted by Crippen LogP contribution is 2.30. The van der Waals surface area contributed by atoms with Crippen LogP contribution in [0.25, 0.3) is 0 Å². The molecule has 26 heavy (non-hydrogen) atoms. The Labute approximate surface area is 160 Å². The summed E-state index contributed by atoms with van der Waals surface area (Å²) in [6.45, 7) is 4.52. The summed E-state index contributed by atoms with van der Waals surface area (Å²) in [5.74, 6) is 0.0573. The Kier molecular flexibility index (Phi) is 5.68. The minimum absolute atomic E-state index is 0.0728. The third-order valence-corrected chi connectivity index (χ3v) is 8.52. The first-order valence-corrected chi connectivity index (χ1v) is 11.9. The number of nitrogens with zero attached hydrogens (tertiary/aromatic N) is 2. The highest BCUT2D eigenvalue weighted by atomic mass is 35.5. The molecule has 1 aromatic carbocycles. The summed E-state index contributed by atoms with van der Waals surface area (Å²) < 4.78 is 59.5. The third kappa shape index (κ3) is 3.93. The molecular formula is C16H23ClN2O5S2. The van der Waals surface area contributed by atoms with E-state index in [0.717, 1.165) is 0 Å². The van der Waals surface area contributed by atoms with E-state index in [1.54, 1.807) is 0 Å². The minimum atomic E-state index is -3.74. The number of fused-ring (bicyclic) bond motifs is 1. The van der Waals surface area contributed by atoms with Crippen molar-refractivity contribution in [2.45, 2.75) is 30.9 Å². The number of sulfonamides is 2. The van der Waals surface area contributed by atoms with Gasteiger partial charge in [0.15, 0.2) is 0 Å². The van der Waals surface area contributed by atoms with Gasteiger partial charge in [-0.2, -0.15) is 8.61 Å². The summed E-state index contributed by atoms with van der Waals surface area (Å²) in [6, 6.07) is 5.44. The van der Waals surface area contributed by atoms with Crippen molar-refractivity contribution in [3.63, 3.8) is 0 Å². The zero-order chi connectivity index (χ0) is 19.1. The lowest BCUT2D eigenvalue weighted by molar-refractivity contribution is 0.0476. The fourth-order valence-corrected chi connectivity index (χ4v) is 6.63. The van der Waals surface area contributed by atoms with Gasteiger partial charge in [-0.3, -0.25) is 0 Å². The van der Waals surface area contributed by atoms with E-state index in [4.69, 9.17) is 16.3 Å². The molecule has 1 aromatic rings. The molecule has 2 saturated heterocycles. The topological polar surface area (TPSA) is 84.0 Å². The average molecular weight is 423 g/mol. The summed E-state index contributed by atoms with van der Waals surface area (Å²) >= 11 is 5.84. The van der Waals surface area contributed by atoms with Gasteiger partial charge in [0.2, 0.25) is 20.0 Å². The molecule has 10 heteroatoms. The van der Waals surface area contributed by atoms with Gasteiger partial charge < -0.3 is 4.74 Å². The molecule has 0 saturated carbocycles. The highest BCUT2D eigenvalue weighted by molar-refractivity contribution is 7.89. The normalized spacial score (nSPS) is 27.4. The van der Waals surface area contributed by atoms with Crippen molar-refractivity contribution < 1.29 is 21.6 Å². The molecule has 0 N–H and O–H groups in total. The summed E-state index contributed by atoms with van der Waals surface area (Å²) in [4.78, 5) is 0.136. The molecule has 0 bridgehead atoms. The molecule has 2 fully saturated rings. The molecule has 0 radical (unpaired) electrons. The van der Waals surface area contributed by atoms with Gasteiger partial charge in [-0.05, 0) is 30.2 Å². The second-order valence-corrected chi connectivity index (χ2v) is 11.4. The van der Waals surface area contributed by atoms with Gasteiger partial charge in [-0.25, -0.2) is 16.8 Å². The van der Waals surface area contributed by atoms with Crippen molar-refractivity contribution in [2.75, 3.05) is 32.0 Å². The van der Waals surface area contributed by atoms with Crippen molar-refractivity contribution in [3.8, 4) is 0 Å². The zero-order valence-corrected chi connectivity index (χ0v) is 17.1. The monoisotopic (exact) mass is 422 g/mol. The molecule has 0 amide bonds. The van der Waals surface area contributed by atoms with E-state index >= 15 is 0 Å². The van der Waals surface area contributed by atoms with E-state index in [2.05, 4.69) is 0 Å². The van der Waals surface area contributed by atoms with Crippen LogP contribution in [-0.2, 0) is 24.8 Å². The number of ether oxygens (including phenoxy) is 1. The van der Waals surface area contributed by atoms with Crippen LogP contribution in [0.5, 0.6) is 0 Å². The van der Waals surface area contributed by atoms with E-state index in [0.29, 0.717) is 11.6 Å². The molecule has 0 aliphatic carbocycles. The zero-order valence-electron chi connectivity index (χ0n) is 14.7. The molecule has 0 unspecified atom stereocenters. The first kappa shape index (κ1) is 20.0. The van der Waals surface area contributed by atoms with Crippen LogP contribution < -0.4 is 0 Å². The summed E-state index contributed by atoms with van der Waals surface area (Å²) in [5, 5.41) is 0.452. The van der Waals surface area contributed by atoms with E-state index in [9.17, 15) is 16.8 Å². The quantitative estimate of drug-likeness (QED) is 0.732. The van der Waals surface area contributed by atoms with Crippen molar-refractivity contribution >= 4 is 31.6 Å².